The third-order valence-electron chi connectivity index (χ3n) is 6.41. The summed E-state index contributed by atoms with van der Waals surface area (Å²) in [6.45, 7) is 0.986. The molecule has 0 saturated carbocycles. The van der Waals surface area contributed by atoms with Gasteiger partial charge in [0.25, 0.3) is 5.91 Å². The van der Waals surface area contributed by atoms with Crippen LogP contribution in [0, 0.1) is 11.3 Å². The Morgan fingerprint density at radius 2 is 2.12 bits per heavy atom. The molecule has 0 aromatic carbocycles. The summed E-state index contributed by atoms with van der Waals surface area (Å²) in [5, 5.41) is 16.5. The number of carbonyl (C=O) groups excluding carboxylic acids is 2. The fourth-order valence-electron chi connectivity index (χ4n) is 4.69. The fourth-order valence-corrected chi connectivity index (χ4v) is 4.69. The van der Waals surface area contributed by atoms with Crippen molar-refractivity contribution in [1.82, 2.24) is 29.8 Å². The van der Waals surface area contributed by atoms with Crippen molar-refractivity contribution in [3.8, 4) is 17.2 Å². The first-order valence-electron chi connectivity index (χ1n) is 10.6. The van der Waals surface area contributed by atoms with Crippen LogP contribution in [0.5, 0.6) is 0 Å². The minimum Gasteiger partial charge on any atom is -0.382 e. The van der Waals surface area contributed by atoms with Crippen LogP contribution in [0.1, 0.15) is 23.2 Å². The van der Waals surface area contributed by atoms with Gasteiger partial charge in [0.05, 0.1) is 6.20 Å². The first kappa shape index (κ1) is 19.2. The van der Waals surface area contributed by atoms with E-state index in [0.717, 1.165) is 35.2 Å². The van der Waals surface area contributed by atoms with Crippen LogP contribution in [0.2, 0.25) is 0 Å². The van der Waals surface area contributed by atoms with E-state index in [2.05, 4.69) is 39.7 Å². The topological polar surface area (TPSA) is 146 Å². The number of nitrogens with two attached hydrogens (primary N) is 1. The van der Waals surface area contributed by atoms with Crippen molar-refractivity contribution in [3.05, 3.63) is 41.4 Å². The lowest BCUT2D eigenvalue weighted by molar-refractivity contribution is -0.121. The molecule has 3 aromatic heterocycles. The zero-order valence-corrected chi connectivity index (χ0v) is 17.5. The van der Waals surface area contributed by atoms with Gasteiger partial charge in [-0.15, -0.1) is 0 Å². The summed E-state index contributed by atoms with van der Waals surface area (Å²) in [5.74, 6) is 0.196. The summed E-state index contributed by atoms with van der Waals surface area (Å²) in [5.41, 5.74) is 10.7. The van der Waals surface area contributed by atoms with Crippen LogP contribution < -0.4 is 16.0 Å². The number of nitrogen functional groups attached to an aromatic ring is 1. The van der Waals surface area contributed by atoms with E-state index in [9.17, 15) is 14.9 Å². The number of urea groups is 1. The molecule has 2 aliphatic heterocycles. The van der Waals surface area contributed by atoms with Crippen LogP contribution in [-0.2, 0) is 11.2 Å². The predicted octanol–water partition coefficient (Wildman–Crippen LogP) is 0.945. The van der Waals surface area contributed by atoms with E-state index < -0.39 is 6.04 Å². The first-order valence-corrected chi connectivity index (χ1v) is 10.6. The number of carbonyl (C=O) groups is 2. The molecule has 2 saturated heterocycles. The zero-order chi connectivity index (χ0) is 22.7. The molecule has 5 heterocycles. The highest BCUT2D eigenvalue weighted by Crippen LogP contribution is 2.32. The van der Waals surface area contributed by atoms with Crippen molar-refractivity contribution in [2.45, 2.75) is 18.9 Å². The van der Waals surface area contributed by atoms with Gasteiger partial charge in [-0.05, 0) is 24.5 Å². The second-order valence-corrected chi connectivity index (χ2v) is 8.25. The molecule has 0 spiro atoms. The Labute approximate surface area is 188 Å². The third-order valence-corrected chi connectivity index (χ3v) is 6.41. The number of nitrogens with zero attached hydrogens (tertiary/aromatic N) is 7. The molecule has 0 bridgehead atoms. The van der Waals surface area contributed by atoms with E-state index in [1.807, 2.05) is 4.90 Å². The van der Waals surface area contributed by atoms with E-state index >= 15 is 0 Å². The molecule has 3 amide bonds. The van der Waals surface area contributed by atoms with Gasteiger partial charge in [-0.25, -0.2) is 9.78 Å². The highest BCUT2D eigenvalue weighted by molar-refractivity contribution is 6.04. The average Bonchev–Trinajstić information content (AvgIpc) is 3.39. The average molecular weight is 441 g/mol. The van der Waals surface area contributed by atoms with Crippen LogP contribution in [0.15, 0.2) is 24.5 Å². The number of allylic oxidation sites excluding steroid dienone is 1. The molecule has 3 N–H and O–H groups in total. The van der Waals surface area contributed by atoms with Gasteiger partial charge in [-0.2, -0.15) is 14.9 Å². The molecular weight excluding hydrogens is 422 g/mol. The molecule has 11 heteroatoms. The second kappa shape index (κ2) is 7.03. The molecule has 3 aromatic rings. The highest BCUT2D eigenvalue weighted by Gasteiger charge is 2.43. The first-order chi connectivity index (χ1) is 16.0. The highest BCUT2D eigenvalue weighted by atomic mass is 16.2. The number of piperazine rings is 1. The number of hydrogen-bond donors (Lipinski definition) is 2. The van der Waals surface area contributed by atoms with Crippen LogP contribution in [0.4, 0.5) is 16.4 Å². The Bertz CT molecular complexity index is 1420. The summed E-state index contributed by atoms with van der Waals surface area (Å²) in [6, 6.07) is 3.17. The summed E-state index contributed by atoms with van der Waals surface area (Å²) < 4.78 is 1.45. The number of nitriles is 1. The van der Waals surface area contributed by atoms with Gasteiger partial charge in [0, 0.05) is 42.7 Å². The van der Waals surface area contributed by atoms with Crippen molar-refractivity contribution in [2.24, 2.45) is 0 Å². The van der Waals surface area contributed by atoms with Crippen molar-refractivity contribution >= 4 is 35.3 Å². The largest absolute Gasteiger partial charge is 0.382 e. The Morgan fingerprint density at radius 3 is 2.97 bits per heavy atom. The summed E-state index contributed by atoms with van der Waals surface area (Å²) in [4.78, 5) is 36.9. The van der Waals surface area contributed by atoms with Gasteiger partial charge >= 0.3 is 6.03 Å². The molecule has 6 rings (SSSR count). The molecule has 0 radical (unpaired) electrons. The maximum Gasteiger partial charge on any atom is 0.324 e. The molecular formula is C22H19N9O2. The molecule has 164 valence electrons. The molecule has 3 aliphatic rings. The Balaban J connectivity index is 1.46. The van der Waals surface area contributed by atoms with Crippen molar-refractivity contribution < 1.29 is 9.59 Å². The zero-order valence-electron chi connectivity index (χ0n) is 17.5. The van der Waals surface area contributed by atoms with E-state index in [4.69, 9.17) is 10.7 Å². The van der Waals surface area contributed by atoms with Gasteiger partial charge < -0.3 is 15.5 Å². The van der Waals surface area contributed by atoms with Crippen molar-refractivity contribution in [3.63, 3.8) is 0 Å². The number of pyridine rings is 1. The molecule has 1 atom stereocenters. The molecule has 1 aliphatic carbocycles. The van der Waals surface area contributed by atoms with E-state index in [0.29, 0.717) is 24.6 Å². The smallest absolute Gasteiger partial charge is 0.324 e. The molecule has 33 heavy (non-hydrogen) atoms. The van der Waals surface area contributed by atoms with Crippen LogP contribution in [-0.4, -0.2) is 62.1 Å². The fraction of sp³-hybridized carbons (Fsp3) is 0.273. The van der Waals surface area contributed by atoms with Crippen molar-refractivity contribution in [2.75, 3.05) is 30.3 Å². The number of hydrogen-bond acceptors (Lipinski definition) is 8. The number of nitrogens with one attached hydrogen (secondary N) is 1. The van der Waals surface area contributed by atoms with Crippen LogP contribution >= 0.6 is 0 Å². The number of amides is 3. The standard InChI is InChI=1S/C22H19N9O2/c23-8-14-18(24)31-20(15(10-26-31)13-7-12-3-1-2-4-16(12)25-9-13)27-19(14)29-5-6-30-17(11-29)21(32)28-22(30)33/h1,3,7,9-10,17H,2,4-6,11,24H2,(H,28,32,33). The van der Waals surface area contributed by atoms with Gasteiger partial charge in [0.1, 0.15) is 23.5 Å². The van der Waals surface area contributed by atoms with Gasteiger partial charge in [-0.3, -0.25) is 15.1 Å². The Kier molecular flexibility index (Phi) is 4.10. The summed E-state index contributed by atoms with van der Waals surface area (Å²) >= 11 is 0. The maximum atomic E-state index is 12.2. The number of fused-ring (bicyclic) bond motifs is 3. The Morgan fingerprint density at radius 1 is 1.24 bits per heavy atom. The van der Waals surface area contributed by atoms with Gasteiger partial charge in [0.15, 0.2) is 11.5 Å². The monoisotopic (exact) mass is 441 g/mol. The van der Waals surface area contributed by atoms with E-state index in [-0.39, 0.29) is 29.9 Å². The van der Waals surface area contributed by atoms with E-state index in [1.165, 1.54) is 9.42 Å². The van der Waals surface area contributed by atoms with Gasteiger partial charge in [0.2, 0.25) is 0 Å². The predicted molar refractivity (Wildman–Crippen MR) is 119 cm³/mol. The van der Waals surface area contributed by atoms with E-state index in [1.54, 1.807) is 12.4 Å². The number of aryl methyl sites for hydroxylation is 1. The van der Waals surface area contributed by atoms with Crippen molar-refractivity contribution in [1.29, 1.82) is 5.26 Å². The quantitative estimate of drug-likeness (QED) is 0.559. The maximum absolute atomic E-state index is 12.2. The van der Waals surface area contributed by atoms with Crippen LogP contribution in [0.3, 0.4) is 0 Å². The second-order valence-electron chi connectivity index (χ2n) is 8.25. The summed E-state index contributed by atoms with van der Waals surface area (Å²) in [6.07, 6.45) is 9.55. The van der Waals surface area contributed by atoms with Crippen LogP contribution in [0.25, 0.3) is 22.9 Å². The third kappa shape index (κ3) is 2.84. The summed E-state index contributed by atoms with van der Waals surface area (Å²) in [7, 11) is 0. The number of aromatic nitrogens is 4. The molecule has 1 unspecified atom stereocenters. The molecule has 2 fully saturated rings. The Hall–Kier alpha value is -4.46. The molecule has 11 nitrogen and oxygen atoms in total. The number of anilines is 2. The lowest BCUT2D eigenvalue weighted by Crippen LogP contribution is -2.53. The normalized spacial score (nSPS) is 19.4. The lowest BCUT2D eigenvalue weighted by Gasteiger charge is -2.36. The minimum absolute atomic E-state index is 0.170. The SMILES string of the molecule is N#Cc1c(N2CCN3C(=O)NC(=O)C3C2)nc2c(-c3cnc4c(c3)C=CCC4)cnn2c1N. The van der Waals surface area contributed by atoms with Gasteiger partial charge in [-0.1, -0.05) is 12.2 Å². The lowest BCUT2D eigenvalue weighted by atomic mass is 10.00. The number of rotatable bonds is 2. The number of imide groups is 1. The minimum atomic E-state index is -0.627.